The van der Waals surface area contributed by atoms with Crippen LogP contribution in [-0.2, 0) is 11.2 Å². The quantitative estimate of drug-likeness (QED) is 0.771. The van der Waals surface area contributed by atoms with Gasteiger partial charge in [-0.25, -0.2) is 9.37 Å². The predicted octanol–water partition coefficient (Wildman–Crippen LogP) is 2.94. The first kappa shape index (κ1) is 20.9. The summed E-state index contributed by atoms with van der Waals surface area (Å²) < 4.78 is 13.2. The molecule has 28 heavy (non-hydrogen) atoms. The van der Waals surface area contributed by atoms with Gasteiger partial charge in [-0.3, -0.25) is 9.69 Å². The summed E-state index contributed by atoms with van der Waals surface area (Å²) >= 11 is 1.53. The third-order valence-electron chi connectivity index (χ3n) is 5.18. The lowest BCUT2D eigenvalue weighted by molar-refractivity contribution is -0.121. The molecule has 1 aliphatic rings. The van der Waals surface area contributed by atoms with Crippen LogP contribution in [0.15, 0.2) is 24.3 Å². The smallest absolute Gasteiger partial charge is 0.225 e. The molecule has 7 heteroatoms. The maximum absolute atomic E-state index is 13.2. The second-order valence-corrected chi connectivity index (χ2v) is 8.75. The molecule has 1 aromatic carbocycles. The van der Waals surface area contributed by atoms with Crippen molar-refractivity contribution in [1.29, 1.82) is 0 Å². The Hall–Kier alpha value is -1.83. The molecular formula is C21H29FN4OS. The molecule has 0 radical (unpaired) electrons. The van der Waals surface area contributed by atoms with Crippen molar-refractivity contribution in [3.63, 3.8) is 0 Å². The van der Waals surface area contributed by atoms with Gasteiger partial charge in [0.1, 0.15) is 5.82 Å². The molecule has 0 unspecified atom stereocenters. The maximum Gasteiger partial charge on any atom is 0.225 e. The number of hydrogen-bond donors (Lipinski definition) is 1. The third kappa shape index (κ3) is 5.59. The van der Waals surface area contributed by atoms with Crippen molar-refractivity contribution in [2.75, 3.05) is 39.8 Å². The summed E-state index contributed by atoms with van der Waals surface area (Å²) in [4.78, 5) is 23.0. The van der Waals surface area contributed by atoms with Crippen LogP contribution in [0.3, 0.4) is 0 Å². The number of nitrogens with zero attached hydrogens (tertiary/aromatic N) is 3. The standard InChI is InChI=1S/C21H29FN4OS/c1-4-18(14-26-11-9-25(3)10-12-26)24-20(27)13-19-21(23-15(2)28-19)16-5-7-17(22)8-6-16/h5-8,18H,4,9-14H2,1-3H3,(H,24,27)/t18-/m0/s1. The Balaban J connectivity index is 1.61. The fraction of sp³-hybridized carbons (Fsp3) is 0.524. The molecule has 1 N–H and O–H groups in total. The van der Waals surface area contributed by atoms with E-state index in [9.17, 15) is 9.18 Å². The zero-order chi connectivity index (χ0) is 20.1. The minimum absolute atomic E-state index is 0.0213. The minimum atomic E-state index is -0.273. The Bertz CT molecular complexity index is 784. The van der Waals surface area contributed by atoms with Crippen LogP contribution in [0.25, 0.3) is 11.3 Å². The molecule has 2 aromatic rings. The van der Waals surface area contributed by atoms with Crippen molar-refractivity contribution in [1.82, 2.24) is 20.1 Å². The molecule has 1 atom stereocenters. The molecule has 0 bridgehead atoms. The van der Waals surface area contributed by atoms with E-state index in [4.69, 9.17) is 0 Å². The van der Waals surface area contributed by atoms with Crippen LogP contribution in [0.5, 0.6) is 0 Å². The lowest BCUT2D eigenvalue weighted by atomic mass is 10.1. The fourth-order valence-corrected chi connectivity index (χ4v) is 4.42. The number of likely N-dealkylation sites (N-methyl/N-ethyl adjacent to an activating group) is 1. The van der Waals surface area contributed by atoms with Crippen molar-refractivity contribution in [2.24, 2.45) is 0 Å². The summed E-state index contributed by atoms with van der Waals surface area (Å²) in [6.07, 6.45) is 1.21. The van der Waals surface area contributed by atoms with Crippen LogP contribution in [-0.4, -0.2) is 66.5 Å². The van der Waals surface area contributed by atoms with Crippen molar-refractivity contribution in [2.45, 2.75) is 32.7 Å². The van der Waals surface area contributed by atoms with Gasteiger partial charge in [-0.15, -0.1) is 11.3 Å². The normalized spacial score (nSPS) is 16.9. The lowest BCUT2D eigenvalue weighted by Crippen LogP contribution is -2.50. The largest absolute Gasteiger partial charge is 0.352 e. The van der Waals surface area contributed by atoms with Gasteiger partial charge in [-0.2, -0.15) is 0 Å². The van der Waals surface area contributed by atoms with Gasteiger partial charge in [0.15, 0.2) is 0 Å². The molecule has 152 valence electrons. The Labute approximate surface area is 170 Å². The molecule has 0 spiro atoms. The number of nitrogens with one attached hydrogen (secondary N) is 1. The number of halogens is 1. The summed E-state index contributed by atoms with van der Waals surface area (Å²) in [6.45, 7) is 9.18. The van der Waals surface area contributed by atoms with Gasteiger partial charge in [-0.05, 0) is 44.7 Å². The van der Waals surface area contributed by atoms with Gasteiger partial charge in [0, 0.05) is 49.2 Å². The Kier molecular flexibility index (Phi) is 7.15. The summed E-state index contributed by atoms with van der Waals surface area (Å²) in [5.74, 6) is -0.252. The van der Waals surface area contributed by atoms with Gasteiger partial charge in [0.05, 0.1) is 17.1 Å². The SMILES string of the molecule is CC[C@@H](CN1CCN(C)CC1)NC(=O)Cc1sc(C)nc1-c1ccc(F)cc1. The Morgan fingerprint density at radius 1 is 1.25 bits per heavy atom. The third-order valence-corrected chi connectivity index (χ3v) is 6.15. The van der Waals surface area contributed by atoms with Crippen LogP contribution < -0.4 is 5.32 Å². The van der Waals surface area contributed by atoms with Gasteiger partial charge < -0.3 is 10.2 Å². The molecule has 3 rings (SSSR count). The molecule has 1 aromatic heterocycles. The Morgan fingerprint density at radius 2 is 1.93 bits per heavy atom. The topological polar surface area (TPSA) is 48.5 Å². The molecule has 2 heterocycles. The molecule has 0 saturated carbocycles. The molecular weight excluding hydrogens is 375 g/mol. The number of benzene rings is 1. The van der Waals surface area contributed by atoms with E-state index >= 15 is 0 Å². The van der Waals surface area contributed by atoms with Crippen molar-refractivity contribution >= 4 is 17.2 Å². The lowest BCUT2D eigenvalue weighted by Gasteiger charge is -2.34. The Morgan fingerprint density at radius 3 is 2.57 bits per heavy atom. The molecule has 1 amide bonds. The highest BCUT2D eigenvalue weighted by atomic mass is 32.1. The zero-order valence-electron chi connectivity index (χ0n) is 16.9. The number of aromatic nitrogens is 1. The first-order valence-electron chi connectivity index (χ1n) is 9.87. The number of amides is 1. The van der Waals surface area contributed by atoms with E-state index in [-0.39, 0.29) is 17.8 Å². The number of carbonyl (C=O) groups excluding carboxylic acids is 1. The second kappa shape index (κ2) is 9.58. The predicted molar refractivity (Wildman–Crippen MR) is 112 cm³/mol. The summed E-state index contributed by atoms with van der Waals surface area (Å²) in [7, 11) is 2.15. The molecule has 5 nitrogen and oxygen atoms in total. The second-order valence-electron chi connectivity index (χ2n) is 7.46. The monoisotopic (exact) mass is 404 g/mol. The number of piperazine rings is 1. The summed E-state index contributed by atoms with van der Waals surface area (Å²) in [5.41, 5.74) is 1.63. The van der Waals surface area contributed by atoms with Gasteiger partial charge >= 0.3 is 0 Å². The average molecular weight is 405 g/mol. The molecule has 1 aliphatic heterocycles. The number of carbonyl (C=O) groups is 1. The van der Waals surface area contributed by atoms with E-state index in [0.29, 0.717) is 6.42 Å². The van der Waals surface area contributed by atoms with E-state index in [2.05, 4.69) is 34.1 Å². The highest BCUT2D eigenvalue weighted by molar-refractivity contribution is 7.12. The first-order valence-corrected chi connectivity index (χ1v) is 10.7. The van der Waals surface area contributed by atoms with Crippen LogP contribution >= 0.6 is 11.3 Å². The van der Waals surface area contributed by atoms with E-state index in [1.807, 2.05) is 6.92 Å². The van der Waals surface area contributed by atoms with Crippen LogP contribution in [0.2, 0.25) is 0 Å². The van der Waals surface area contributed by atoms with E-state index in [1.165, 1.54) is 23.5 Å². The number of aryl methyl sites for hydroxylation is 1. The van der Waals surface area contributed by atoms with E-state index < -0.39 is 0 Å². The van der Waals surface area contributed by atoms with Crippen molar-refractivity contribution < 1.29 is 9.18 Å². The zero-order valence-corrected chi connectivity index (χ0v) is 17.7. The number of thiazole rings is 1. The average Bonchev–Trinajstić information content (AvgIpc) is 3.03. The van der Waals surface area contributed by atoms with Crippen LogP contribution in [0.4, 0.5) is 4.39 Å². The fourth-order valence-electron chi connectivity index (χ4n) is 3.47. The van der Waals surface area contributed by atoms with Gasteiger partial charge in [0.25, 0.3) is 0 Å². The van der Waals surface area contributed by atoms with Crippen molar-refractivity contribution in [3.8, 4) is 11.3 Å². The summed E-state index contributed by atoms with van der Waals surface area (Å²) in [6, 6.07) is 6.44. The van der Waals surface area contributed by atoms with Gasteiger partial charge in [-0.1, -0.05) is 6.92 Å². The maximum atomic E-state index is 13.2. The van der Waals surface area contributed by atoms with E-state index in [1.54, 1.807) is 12.1 Å². The van der Waals surface area contributed by atoms with Gasteiger partial charge in [0.2, 0.25) is 5.91 Å². The van der Waals surface area contributed by atoms with Crippen LogP contribution in [0, 0.1) is 12.7 Å². The molecule has 1 fully saturated rings. The minimum Gasteiger partial charge on any atom is -0.352 e. The molecule has 0 aliphatic carbocycles. The van der Waals surface area contributed by atoms with Crippen LogP contribution in [0.1, 0.15) is 23.2 Å². The number of rotatable bonds is 7. The first-order chi connectivity index (χ1) is 13.4. The molecule has 1 saturated heterocycles. The van der Waals surface area contributed by atoms with Crippen molar-refractivity contribution in [3.05, 3.63) is 40.0 Å². The highest BCUT2D eigenvalue weighted by Gasteiger charge is 2.20. The number of hydrogen-bond acceptors (Lipinski definition) is 5. The van der Waals surface area contributed by atoms with E-state index in [0.717, 1.165) is 60.3 Å². The highest BCUT2D eigenvalue weighted by Crippen LogP contribution is 2.28. The summed E-state index contributed by atoms with van der Waals surface area (Å²) in [5, 5.41) is 4.10.